The number of amides is 3. The predicted octanol–water partition coefficient (Wildman–Crippen LogP) is 3.81. The molecular weight excluding hydrogens is 416 g/mol. The van der Waals surface area contributed by atoms with E-state index >= 15 is 0 Å². The molecule has 4 rings (SSSR count). The smallest absolute Gasteiger partial charge is 0.291 e. The number of fused-ring (bicyclic) bond motifs is 1. The topological polar surface area (TPSA) is 76.2 Å². The zero-order chi connectivity index (χ0) is 22.1. The first-order valence-corrected chi connectivity index (χ1v) is 11.0. The van der Waals surface area contributed by atoms with Crippen LogP contribution in [0, 0.1) is 20.8 Å². The fourth-order valence-corrected chi connectivity index (χ4v) is 4.47. The van der Waals surface area contributed by atoms with Crippen LogP contribution < -0.4 is 4.74 Å². The van der Waals surface area contributed by atoms with Gasteiger partial charge in [0.15, 0.2) is 13.0 Å². The lowest BCUT2D eigenvalue weighted by molar-refractivity contribution is -0.136. The lowest BCUT2D eigenvalue weighted by Crippen LogP contribution is -2.42. The Morgan fingerprint density at radius 1 is 1.10 bits per heavy atom. The summed E-state index contributed by atoms with van der Waals surface area (Å²) >= 11 is 0.967. The SMILES string of the molecule is Cc1cc2c(c(C)c1C)OCN(CCOC(c1ccccc1)N1C(=O)CSC1=O)C2=O. The molecule has 1 saturated heterocycles. The second kappa shape index (κ2) is 8.72. The lowest BCUT2D eigenvalue weighted by Gasteiger charge is -2.32. The van der Waals surface area contributed by atoms with Crippen molar-refractivity contribution in [3.05, 3.63) is 64.2 Å². The highest BCUT2D eigenvalue weighted by molar-refractivity contribution is 8.14. The molecule has 0 aliphatic carbocycles. The van der Waals surface area contributed by atoms with E-state index in [4.69, 9.17) is 9.47 Å². The Balaban J connectivity index is 1.48. The van der Waals surface area contributed by atoms with Crippen LogP contribution in [0.15, 0.2) is 36.4 Å². The van der Waals surface area contributed by atoms with Crippen molar-refractivity contribution in [1.29, 1.82) is 0 Å². The molecule has 8 heteroatoms. The summed E-state index contributed by atoms with van der Waals surface area (Å²) in [4.78, 5) is 40.2. The van der Waals surface area contributed by atoms with E-state index in [1.165, 1.54) is 0 Å². The van der Waals surface area contributed by atoms with Crippen molar-refractivity contribution in [2.75, 3.05) is 25.6 Å². The molecular formula is C23H24N2O5S. The van der Waals surface area contributed by atoms with Gasteiger partial charge in [-0.2, -0.15) is 0 Å². The number of hydrogen-bond donors (Lipinski definition) is 0. The number of imide groups is 1. The average molecular weight is 441 g/mol. The van der Waals surface area contributed by atoms with Gasteiger partial charge in [0, 0.05) is 12.1 Å². The van der Waals surface area contributed by atoms with Gasteiger partial charge >= 0.3 is 0 Å². The number of carbonyl (C=O) groups is 3. The van der Waals surface area contributed by atoms with E-state index in [9.17, 15) is 14.4 Å². The summed E-state index contributed by atoms with van der Waals surface area (Å²) in [5, 5.41) is -0.327. The normalized spacial score (nSPS) is 17.1. The van der Waals surface area contributed by atoms with Gasteiger partial charge in [0.25, 0.3) is 11.1 Å². The third kappa shape index (κ3) is 4.05. The van der Waals surface area contributed by atoms with Crippen molar-refractivity contribution < 1.29 is 23.9 Å². The van der Waals surface area contributed by atoms with Crippen LogP contribution in [0.5, 0.6) is 5.75 Å². The molecule has 7 nitrogen and oxygen atoms in total. The molecule has 31 heavy (non-hydrogen) atoms. The van der Waals surface area contributed by atoms with Crippen LogP contribution >= 0.6 is 11.8 Å². The molecule has 0 N–H and O–H groups in total. The van der Waals surface area contributed by atoms with Crippen molar-refractivity contribution in [3.8, 4) is 5.75 Å². The number of rotatable bonds is 6. The monoisotopic (exact) mass is 440 g/mol. The Morgan fingerprint density at radius 3 is 2.52 bits per heavy atom. The van der Waals surface area contributed by atoms with E-state index in [1.807, 2.05) is 57.2 Å². The molecule has 2 heterocycles. The summed E-state index contributed by atoms with van der Waals surface area (Å²) in [5.74, 6) is 0.351. The second-order valence-corrected chi connectivity index (χ2v) is 8.54. The zero-order valence-electron chi connectivity index (χ0n) is 17.7. The molecule has 0 spiro atoms. The number of nitrogens with zero attached hydrogens (tertiary/aromatic N) is 2. The van der Waals surface area contributed by atoms with Gasteiger partial charge < -0.3 is 14.4 Å². The summed E-state index contributed by atoms with van der Waals surface area (Å²) in [6.45, 7) is 6.50. The van der Waals surface area contributed by atoms with E-state index in [1.54, 1.807) is 4.90 Å². The van der Waals surface area contributed by atoms with Crippen LogP contribution in [0.1, 0.15) is 38.8 Å². The minimum atomic E-state index is -0.823. The Labute approximate surface area is 185 Å². The number of ether oxygens (including phenoxy) is 2. The molecule has 2 aliphatic heterocycles. The number of hydrogen-bond acceptors (Lipinski definition) is 6. The van der Waals surface area contributed by atoms with Gasteiger partial charge in [0.1, 0.15) is 5.75 Å². The van der Waals surface area contributed by atoms with Gasteiger partial charge in [-0.15, -0.1) is 0 Å². The highest BCUT2D eigenvalue weighted by Gasteiger charge is 2.37. The summed E-state index contributed by atoms with van der Waals surface area (Å²) in [5.41, 5.74) is 4.39. The molecule has 2 aliphatic rings. The molecule has 1 unspecified atom stereocenters. The van der Waals surface area contributed by atoms with Gasteiger partial charge in [-0.3, -0.25) is 14.4 Å². The Kier molecular flexibility index (Phi) is 6.02. The Morgan fingerprint density at radius 2 is 1.84 bits per heavy atom. The molecule has 0 bridgehead atoms. The minimum Gasteiger partial charge on any atom is -0.472 e. The number of thioether (sulfide) groups is 1. The van der Waals surface area contributed by atoms with Crippen molar-refractivity contribution >= 4 is 28.8 Å². The quantitative estimate of drug-likeness (QED) is 0.680. The second-order valence-electron chi connectivity index (χ2n) is 7.61. The fraction of sp³-hybridized carbons (Fsp3) is 0.348. The lowest BCUT2D eigenvalue weighted by atomic mass is 9.97. The summed E-state index contributed by atoms with van der Waals surface area (Å²) in [6.07, 6.45) is -0.823. The summed E-state index contributed by atoms with van der Waals surface area (Å²) in [6, 6.07) is 11.0. The number of carbonyl (C=O) groups excluding carboxylic acids is 3. The van der Waals surface area contributed by atoms with Crippen LogP contribution in [0.2, 0.25) is 0 Å². The summed E-state index contributed by atoms with van der Waals surface area (Å²) < 4.78 is 11.9. The average Bonchev–Trinajstić information content (AvgIpc) is 3.10. The Bertz CT molecular complexity index is 1020. The molecule has 2 aromatic carbocycles. The molecule has 162 valence electrons. The van der Waals surface area contributed by atoms with Crippen LogP contribution in [0.3, 0.4) is 0 Å². The molecule has 1 fully saturated rings. The highest BCUT2D eigenvalue weighted by Crippen LogP contribution is 2.33. The predicted molar refractivity (Wildman–Crippen MR) is 117 cm³/mol. The molecule has 2 aromatic rings. The number of benzene rings is 2. The first-order chi connectivity index (χ1) is 14.9. The van der Waals surface area contributed by atoms with Gasteiger partial charge in [0.2, 0.25) is 5.91 Å². The van der Waals surface area contributed by atoms with Gasteiger partial charge in [-0.25, -0.2) is 4.90 Å². The van der Waals surface area contributed by atoms with Gasteiger partial charge in [-0.05, 0) is 43.5 Å². The van der Waals surface area contributed by atoms with E-state index in [-0.39, 0.29) is 42.7 Å². The minimum absolute atomic E-state index is 0.110. The van der Waals surface area contributed by atoms with E-state index in [0.29, 0.717) is 16.9 Å². The van der Waals surface area contributed by atoms with Crippen LogP contribution in [0.4, 0.5) is 4.79 Å². The number of aryl methyl sites for hydroxylation is 1. The molecule has 0 radical (unpaired) electrons. The molecule has 3 amide bonds. The first kappa shape index (κ1) is 21.4. The Hall–Kier alpha value is -2.84. The van der Waals surface area contributed by atoms with Crippen molar-refractivity contribution in [1.82, 2.24) is 9.80 Å². The third-order valence-corrected chi connectivity index (χ3v) is 6.56. The van der Waals surface area contributed by atoms with Crippen LogP contribution in [0.25, 0.3) is 0 Å². The van der Waals surface area contributed by atoms with Crippen molar-refractivity contribution in [2.24, 2.45) is 0 Å². The van der Waals surface area contributed by atoms with Crippen molar-refractivity contribution in [3.63, 3.8) is 0 Å². The van der Waals surface area contributed by atoms with Gasteiger partial charge in [-0.1, -0.05) is 42.1 Å². The fourth-order valence-electron chi connectivity index (χ4n) is 3.74. The molecule has 0 aromatic heterocycles. The van der Waals surface area contributed by atoms with Crippen LogP contribution in [-0.2, 0) is 9.53 Å². The maximum atomic E-state index is 13.0. The van der Waals surface area contributed by atoms with Crippen molar-refractivity contribution in [2.45, 2.75) is 27.0 Å². The largest absolute Gasteiger partial charge is 0.472 e. The van der Waals surface area contributed by atoms with E-state index in [0.717, 1.165) is 33.4 Å². The van der Waals surface area contributed by atoms with E-state index in [2.05, 4.69) is 0 Å². The maximum absolute atomic E-state index is 13.0. The zero-order valence-corrected chi connectivity index (χ0v) is 18.5. The molecule has 1 atom stereocenters. The van der Waals surface area contributed by atoms with Crippen LogP contribution in [-0.4, -0.2) is 52.5 Å². The standard InChI is InChI=1S/C23H24N2O5S/c1-14-11-18-20(16(3)15(14)2)30-13-24(21(18)27)9-10-29-22(17-7-5-4-6-8-17)25-19(26)12-31-23(25)28/h4-8,11,22H,9-10,12-13H2,1-3H3. The first-order valence-electron chi connectivity index (χ1n) is 10.1. The third-order valence-electron chi connectivity index (χ3n) is 5.72. The van der Waals surface area contributed by atoms with E-state index < -0.39 is 6.23 Å². The van der Waals surface area contributed by atoms with Gasteiger partial charge in [0.05, 0.1) is 17.9 Å². The summed E-state index contributed by atoms with van der Waals surface area (Å²) in [7, 11) is 0. The highest BCUT2D eigenvalue weighted by atomic mass is 32.2. The maximum Gasteiger partial charge on any atom is 0.291 e. The molecule has 0 saturated carbocycles.